The van der Waals surface area contributed by atoms with Crippen LogP contribution in [0.15, 0.2) is 24.3 Å². The zero-order chi connectivity index (χ0) is 40.7. The highest BCUT2D eigenvalue weighted by Crippen LogP contribution is 2.17. The van der Waals surface area contributed by atoms with Crippen LogP contribution < -0.4 is 0 Å². The van der Waals surface area contributed by atoms with Gasteiger partial charge in [-0.3, -0.25) is 9.59 Å². The first kappa shape index (κ1) is 54.4. The van der Waals surface area contributed by atoms with Crippen molar-refractivity contribution in [2.24, 2.45) is 0 Å². The van der Waals surface area contributed by atoms with Crippen LogP contribution in [0, 0.1) is 0 Å². The Balaban J connectivity index is 3.46. The quantitative estimate of drug-likeness (QED) is 0.0378. The van der Waals surface area contributed by atoms with E-state index < -0.39 is 6.10 Å². The third-order valence-corrected chi connectivity index (χ3v) is 11.2. The Kier molecular flexibility index (Phi) is 46.4. The van der Waals surface area contributed by atoms with Gasteiger partial charge in [0.2, 0.25) is 0 Å². The van der Waals surface area contributed by atoms with Crippen molar-refractivity contribution >= 4 is 11.9 Å². The van der Waals surface area contributed by atoms with E-state index in [9.17, 15) is 14.7 Å². The summed E-state index contributed by atoms with van der Waals surface area (Å²) in [6, 6.07) is 0. The topological polar surface area (TPSA) is 72.8 Å². The summed E-state index contributed by atoms with van der Waals surface area (Å²) < 4.78 is 10.7. The first-order valence-electron chi connectivity index (χ1n) is 24.9. The molecule has 0 aliphatic carbocycles. The maximum Gasteiger partial charge on any atom is 0.306 e. The van der Waals surface area contributed by atoms with Crippen LogP contribution in [0.4, 0.5) is 0 Å². The molecule has 0 amide bonds. The molecule has 1 atom stereocenters. The normalized spacial score (nSPS) is 12.3. The van der Waals surface area contributed by atoms with Crippen LogP contribution in [-0.4, -0.2) is 36.4 Å². The van der Waals surface area contributed by atoms with Crippen LogP contribution in [0.5, 0.6) is 0 Å². The summed E-state index contributed by atoms with van der Waals surface area (Å²) in [5.74, 6) is -0.580. The largest absolute Gasteiger partial charge is 0.462 e. The fourth-order valence-corrected chi connectivity index (χ4v) is 7.47. The molecule has 0 aromatic carbocycles. The molecule has 0 saturated carbocycles. The minimum absolute atomic E-state index is 0.0622. The van der Waals surface area contributed by atoms with Gasteiger partial charge in [0.05, 0.1) is 6.61 Å². The molecular formula is C51H96O5. The smallest absolute Gasteiger partial charge is 0.306 e. The maximum absolute atomic E-state index is 12.2. The predicted molar refractivity (Wildman–Crippen MR) is 242 cm³/mol. The lowest BCUT2D eigenvalue weighted by molar-refractivity contribution is -0.161. The Morgan fingerprint density at radius 3 is 1.09 bits per heavy atom. The summed E-state index contributed by atoms with van der Waals surface area (Å²) in [6.45, 7) is 4.15. The van der Waals surface area contributed by atoms with Crippen molar-refractivity contribution < 1.29 is 24.2 Å². The third kappa shape index (κ3) is 45.1. The van der Waals surface area contributed by atoms with Crippen molar-refractivity contribution in [3.05, 3.63) is 24.3 Å². The molecular weight excluding hydrogens is 693 g/mol. The van der Waals surface area contributed by atoms with Crippen LogP contribution in [0.25, 0.3) is 0 Å². The standard InChI is InChI=1S/C51H96O5/c1-3-5-7-9-11-13-15-17-19-21-23-24-25-26-28-29-31-33-35-37-39-41-43-45-50(53)55-48-49(47-52)56-51(54)46-44-42-40-38-36-34-32-30-27-22-20-18-16-14-12-10-8-6-4-2/h12,14,18,20,49,52H,3-11,13,15-17,19,21-48H2,1-2H3/b14-12+,20-18+/t49-/m0/s1. The molecule has 0 rings (SSSR count). The number of aliphatic hydroxyl groups excluding tert-OH is 1. The highest BCUT2D eigenvalue weighted by atomic mass is 16.6. The summed E-state index contributed by atoms with van der Waals surface area (Å²) >= 11 is 0. The molecule has 0 aliphatic rings. The molecule has 56 heavy (non-hydrogen) atoms. The molecule has 0 saturated heterocycles. The number of aliphatic hydroxyl groups is 1. The number of carbonyl (C=O) groups is 2. The number of esters is 2. The van der Waals surface area contributed by atoms with Crippen LogP contribution in [0.1, 0.15) is 271 Å². The van der Waals surface area contributed by atoms with Gasteiger partial charge in [0.1, 0.15) is 6.61 Å². The zero-order valence-corrected chi connectivity index (χ0v) is 37.7. The summed E-state index contributed by atoms with van der Waals surface area (Å²) in [5, 5.41) is 9.61. The molecule has 0 aromatic rings. The van der Waals surface area contributed by atoms with E-state index in [2.05, 4.69) is 38.2 Å². The van der Waals surface area contributed by atoms with Gasteiger partial charge in [-0.15, -0.1) is 0 Å². The van der Waals surface area contributed by atoms with E-state index in [0.717, 1.165) is 38.5 Å². The molecule has 5 nitrogen and oxygen atoms in total. The summed E-state index contributed by atoms with van der Waals surface area (Å²) in [4.78, 5) is 24.4. The third-order valence-electron chi connectivity index (χ3n) is 11.2. The first-order chi connectivity index (χ1) is 27.6. The molecule has 330 valence electrons. The van der Waals surface area contributed by atoms with E-state index in [1.807, 2.05) is 0 Å². The molecule has 0 bridgehead atoms. The van der Waals surface area contributed by atoms with Gasteiger partial charge in [0.25, 0.3) is 0 Å². The van der Waals surface area contributed by atoms with Gasteiger partial charge in [-0.25, -0.2) is 0 Å². The molecule has 0 radical (unpaired) electrons. The fourth-order valence-electron chi connectivity index (χ4n) is 7.47. The van der Waals surface area contributed by atoms with Gasteiger partial charge in [0, 0.05) is 12.8 Å². The van der Waals surface area contributed by atoms with Gasteiger partial charge < -0.3 is 14.6 Å². The number of unbranched alkanes of at least 4 members (excludes halogenated alkanes) is 34. The van der Waals surface area contributed by atoms with Crippen LogP contribution in [0.3, 0.4) is 0 Å². The molecule has 0 aromatic heterocycles. The summed E-state index contributed by atoms with van der Waals surface area (Å²) in [5.41, 5.74) is 0. The Labute approximate surface area is 349 Å². The van der Waals surface area contributed by atoms with E-state index in [-0.39, 0.29) is 25.2 Å². The molecule has 0 heterocycles. The van der Waals surface area contributed by atoms with Crippen LogP contribution >= 0.6 is 0 Å². The lowest BCUT2D eigenvalue weighted by Gasteiger charge is -2.15. The lowest BCUT2D eigenvalue weighted by Crippen LogP contribution is -2.28. The van der Waals surface area contributed by atoms with Crippen LogP contribution in [-0.2, 0) is 19.1 Å². The molecule has 5 heteroatoms. The SMILES string of the molecule is CCCCC/C=C/C/C=C/CCCCCCCCCCCC(=O)O[C@@H](CO)COC(=O)CCCCCCCCCCCCCCCCCCCCCCCCC. The minimum atomic E-state index is -0.770. The summed E-state index contributed by atoms with van der Waals surface area (Å²) in [6.07, 6.45) is 58.4. The number of hydrogen-bond acceptors (Lipinski definition) is 5. The lowest BCUT2D eigenvalue weighted by atomic mass is 10.0. The van der Waals surface area contributed by atoms with Gasteiger partial charge >= 0.3 is 11.9 Å². The van der Waals surface area contributed by atoms with Crippen molar-refractivity contribution in [3.63, 3.8) is 0 Å². The molecule has 0 aliphatic heterocycles. The Morgan fingerprint density at radius 1 is 0.411 bits per heavy atom. The average Bonchev–Trinajstić information content (AvgIpc) is 3.20. The Hall–Kier alpha value is -1.62. The highest BCUT2D eigenvalue weighted by Gasteiger charge is 2.16. The fraction of sp³-hybridized carbons (Fsp3) is 0.882. The number of carbonyl (C=O) groups excluding carboxylic acids is 2. The molecule has 1 N–H and O–H groups in total. The monoisotopic (exact) mass is 789 g/mol. The number of ether oxygens (including phenoxy) is 2. The molecule has 0 unspecified atom stereocenters. The summed E-state index contributed by atoms with van der Waals surface area (Å²) in [7, 11) is 0. The van der Waals surface area contributed by atoms with E-state index in [0.29, 0.717) is 12.8 Å². The second-order valence-corrected chi connectivity index (χ2v) is 16.9. The molecule has 0 fully saturated rings. The minimum Gasteiger partial charge on any atom is -0.462 e. The Bertz CT molecular complexity index is 851. The van der Waals surface area contributed by atoms with E-state index in [1.54, 1.807) is 0 Å². The molecule has 0 spiro atoms. The van der Waals surface area contributed by atoms with Crippen molar-refractivity contribution in [2.75, 3.05) is 13.2 Å². The number of rotatable bonds is 46. The van der Waals surface area contributed by atoms with E-state index in [1.165, 1.54) is 205 Å². The predicted octanol–water partition coefficient (Wildman–Crippen LogP) is 16.2. The first-order valence-corrected chi connectivity index (χ1v) is 24.9. The van der Waals surface area contributed by atoms with Crippen molar-refractivity contribution in [1.29, 1.82) is 0 Å². The van der Waals surface area contributed by atoms with Gasteiger partial charge in [-0.1, -0.05) is 237 Å². The van der Waals surface area contributed by atoms with E-state index in [4.69, 9.17) is 9.47 Å². The van der Waals surface area contributed by atoms with E-state index >= 15 is 0 Å². The maximum atomic E-state index is 12.2. The Morgan fingerprint density at radius 2 is 0.714 bits per heavy atom. The number of hydrogen-bond donors (Lipinski definition) is 1. The van der Waals surface area contributed by atoms with Crippen LogP contribution in [0.2, 0.25) is 0 Å². The van der Waals surface area contributed by atoms with Gasteiger partial charge in [-0.2, -0.15) is 0 Å². The van der Waals surface area contributed by atoms with Crippen molar-refractivity contribution in [2.45, 2.75) is 277 Å². The second kappa shape index (κ2) is 47.8. The average molecular weight is 789 g/mol. The highest BCUT2D eigenvalue weighted by molar-refractivity contribution is 5.70. The second-order valence-electron chi connectivity index (χ2n) is 16.9. The van der Waals surface area contributed by atoms with Gasteiger partial charge in [0.15, 0.2) is 6.10 Å². The zero-order valence-electron chi connectivity index (χ0n) is 37.7. The van der Waals surface area contributed by atoms with Crippen molar-refractivity contribution in [3.8, 4) is 0 Å². The van der Waals surface area contributed by atoms with Crippen molar-refractivity contribution in [1.82, 2.24) is 0 Å². The van der Waals surface area contributed by atoms with Gasteiger partial charge in [-0.05, 0) is 44.9 Å². The number of allylic oxidation sites excluding steroid dienone is 4.